The third-order valence-corrected chi connectivity index (χ3v) is 4.23. The van der Waals surface area contributed by atoms with Crippen molar-refractivity contribution in [2.75, 3.05) is 18.3 Å². The molecule has 2 aromatic rings. The van der Waals surface area contributed by atoms with E-state index >= 15 is 0 Å². The zero-order valence-electron chi connectivity index (χ0n) is 15.6. The fourth-order valence-corrected chi connectivity index (χ4v) is 2.86. The van der Waals surface area contributed by atoms with Crippen LogP contribution in [0.2, 0.25) is 0 Å². The standard InChI is InChI=1S/C20H23NO4S/c1-20(2,3)25-19(23)21(16-8-6-7-9-17(16)26-5)18(22)14-10-12-15(24-4)13-11-14/h6-13H,1-5H3. The molecule has 2 amide bonds. The zero-order valence-corrected chi connectivity index (χ0v) is 16.4. The number of thioether (sulfide) groups is 1. The van der Waals surface area contributed by atoms with Gasteiger partial charge in [-0.05, 0) is 63.4 Å². The van der Waals surface area contributed by atoms with Crippen LogP contribution >= 0.6 is 11.8 Å². The van der Waals surface area contributed by atoms with Crippen molar-refractivity contribution < 1.29 is 19.1 Å². The molecular formula is C20H23NO4S. The Balaban J connectivity index is 2.48. The molecule has 0 saturated heterocycles. The van der Waals surface area contributed by atoms with Gasteiger partial charge < -0.3 is 9.47 Å². The molecule has 0 bridgehead atoms. The van der Waals surface area contributed by atoms with Gasteiger partial charge in [0, 0.05) is 10.5 Å². The Hall–Kier alpha value is -2.47. The molecule has 0 fully saturated rings. The number of amides is 2. The van der Waals surface area contributed by atoms with Crippen LogP contribution < -0.4 is 9.64 Å². The van der Waals surface area contributed by atoms with E-state index in [9.17, 15) is 9.59 Å². The normalized spacial score (nSPS) is 11.0. The largest absolute Gasteiger partial charge is 0.497 e. The highest BCUT2D eigenvalue weighted by Crippen LogP contribution is 2.31. The number of carbonyl (C=O) groups excluding carboxylic acids is 2. The van der Waals surface area contributed by atoms with Crippen LogP contribution in [0.3, 0.4) is 0 Å². The maximum atomic E-state index is 13.1. The van der Waals surface area contributed by atoms with Crippen LogP contribution in [-0.4, -0.2) is 31.0 Å². The van der Waals surface area contributed by atoms with E-state index in [2.05, 4.69) is 0 Å². The molecule has 0 aliphatic carbocycles. The van der Waals surface area contributed by atoms with E-state index in [1.165, 1.54) is 11.8 Å². The molecule has 0 unspecified atom stereocenters. The second-order valence-corrected chi connectivity index (χ2v) is 7.37. The fraction of sp³-hybridized carbons (Fsp3) is 0.300. The lowest BCUT2D eigenvalue weighted by Gasteiger charge is -2.27. The molecule has 2 rings (SSSR count). The summed E-state index contributed by atoms with van der Waals surface area (Å²) in [6.45, 7) is 5.30. The summed E-state index contributed by atoms with van der Waals surface area (Å²) in [5.41, 5.74) is 0.145. The number of rotatable bonds is 4. The smallest absolute Gasteiger partial charge is 0.422 e. The summed E-state index contributed by atoms with van der Waals surface area (Å²) in [5, 5.41) is 0. The van der Waals surface area contributed by atoms with Gasteiger partial charge in [0.25, 0.3) is 5.91 Å². The van der Waals surface area contributed by atoms with E-state index in [0.717, 1.165) is 9.80 Å². The summed E-state index contributed by atoms with van der Waals surface area (Å²) < 4.78 is 10.6. The number of hydrogen-bond acceptors (Lipinski definition) is 5. The quantitative estimate of drug-likeness (QED) is 0.706. The van der Waals surface area contributed by atoms with Crippen LogP contribution in [0.15, 0.2) is 53.4 Å². The summed E-state index contributed by atoms with van der Waals surface area (Å²) in [6.07, 6.45) is 1.18. The molecule has 0 radical (unpaired) electrons. The fourth-order valence-electron chi connectivity index (χ4n) is 2.28. The maximum absolute atomic E-state index is 13.1. The van der Waals surface area contributed by atoms with Crippen molar-refractivity contribution in [2.24, 2.45) is 0 Å². The van der Waals surface area contributed by atoms with Crippen LogP contribution in [0.5, 0.6) is 5.75 Å². The Kier molecular flexibility index (Phi) is 6.32. The predicted molar refractivity (Wildman–Crippen MR) is 104 cm³/mol. The minimum absolute atomic E-state index is 0.368. The minimum atomic E-state index is -0.718. The number of anilines is 1. The second-order valence-electron chi connectivity index (χ2n) is 6.52. The van der Waals surface area contributed by atoms with Crippen molar-refractivity contribution in [2.45, 2.75) is 31.3 Å². The minimum Gasteiger partial charge on any atom is -0.497 e. The summed E-state index contributed by atoms with van der Waals surface area (Å²) in [5.74, 6) is 0.179. The molecule has 0 aromatic heterocycles. The lowest BCUT2D eigenvalue weighted by Crippen LogP contribution is -2.41. The maximum Gasteiger partial charge on any atom is 0.422 e. The SMILES string of the molecule is COc1ccc(C(=O)N(C(=O)OC(C)(C)C)c2ccccc2SC)cc1. The Labute approximate surface area is 158 Å². The first-order valence-electron chi connectivity index (χ1n) is 8.11. The van der Waals surface area contributed by atoms with Gasteiger partial charge in [-0.15, -0.1) is 11.8 Å². The number of methoxy groups -OCH3 is 1. The molecule has 0 spiro atoms. The highest BCUT2D eigenvalue weighted by molar-refractivity contribution is 7.98. The first-order chi connectivity index (χ1) is 12.3. The molecule has 0 aliphatic heterocycles. The van der Waals surface area contributed by atoms with Crippen LogP contribution in [0, 0.1) is 0 Å². The van der Waals surface area contributed by atoms with E-state index in [1.807, 2.05) is 18.4 Å². The third-order valence-electron chi connectivity index (χ3n) is 3.44. The predicted octanol–water partition coefficient (Wildman–Crippen LogP) is 5.00. The third kappa shape index (κ3) is 4.79. The number of ether oxygens (including phenoxy) is 2. The number of carbonyl (C=O) groups is 2. The van der Waals surface area contributed by atoms with Crippen LogP contribution in [0.25, 0.3) is 0 Å². The topological polar surface area (TPSA) is 55.8 Å². The van der Waals surface area contributed by atoms with Crippen molar-refractivity contribution in [3.05, 3.63) is 54.1 Å². The van der Waals surface area contributed by atoms with Gasteiger partial charge in [-0.2, -0.15) is 0 Å². The monoisotopic (exact) mass is 373 g/mol. The lowest BCUT2D eigenvalue weighted by molar-refractivity contribution is 0.0563. The number of benzene rings is 2. The average Bonchev–Trinajstić information content (AvgIpc) is 2.60. The highest BCUT2D eigenvalue weighted by Gasteiger charge is 2.31. The highest BCUT2D eigenvalue weighted by atomic mass is 32.2. The van der Waals surface area contributed by atoms with Crippen LogP contribution in [0.4, 0.5) is 10.5 Å². The summed E-state index contributed by atoms with van der Waals surface area (Å²) in [7, 11) is 1.55. The van der Waals surface area contributed by atoms with Crippen molar-refractivity contribution in [3.63, 3.8) is 0 Å². The molecular weight excluding hydrogens is 350 g/mol. The molecule has 138 valence electrons. The van der Waals surface area contributed by atoms with Gasteiger partial charge in [-0.25, -0.2) is 9.69 Å². The summed E-state index contributed by atoms with van der Waals surface area (Å²) in [6, 6.07) is 13.9. The van der Waals surface area contributed by atoms with Gasteiger partial charge in [0.1, 0.15) is 11.4 Å². The lowest BCUT2D eigenvalue weighted by atomic mass is 10.1. The zero-order chi connectivity index (χ0) is 19.3. The number of nitrogens with zero attached hydrogens (tertiary/aromatic N) is 1. The van der Waals surface area contributed by atoms with E-state index in [1.54, 1.807) is 64.3 Å². The first kappa shape index (κ1) is 19.8. The van der Waals surface area contributed by atoms with Gasteiger partial charge >= 0.3 is 6.09 Å². The average molecular weight is 373 g/mol. The number of para-hydroxylation sites is 1. The van der Waals surface area contributed by atoms with Gasteiger partial charge in [0.15, 0.2) is 0 Å². The first-order valence-corrected chi connectivity index (χ1v) is 9.34. The Bertz CT molecular complexity index is 781. The Morgan fingerprint density at radius 3 is 2.15 bits per heavy atom. The van der Waals surface area contributed by atoms with E-state index in [-0.39, 0.29) is 0 Å². The summed E-state index contributed by atoms with van der Waals surface area (Å²) >= 11 is 1.46. The van der Waals surface area contributed by atoms with E-state index < -0.39 is 17.6 Å². The van der Waals surface area contributed by atoms with Crippen molar-refractivity contribution in [1.82, 2.24) is 0 Å². The van der Waals surface area contributed by atoms with Gasteiger partial charge in [-0.3, -0.25) is 4.79 Å². The van der Waals surface area contributed by atoms with Crippen LogP contribution in [0.1, 0.15) is 31.1 Å². The molecule has 26 heavy (non-hydrogen) atoms. The number of imide groups is 1. The van der Waals surface area contributed by atoms with Crippen molar-refractivity contribution in [3.8, 4) is 5.75 Å². The molecule has 0 N–H and O–H groups in total. The molecule has 0 heterocycles. The second kappa shape index (κ2) is 8.27. The Morgan fingerprint density at radius 2 is 1.62 bits per heavy atom. The molecule has 5 nitrogen and oxygen atoms in total. The van der Waals surface area contributed by atoms with Crippen molar-refractivity contribution >= 4 is 29.4 Å². The van der Waals surface area contributed by atoms with E-state index in [0.29, 0.717) is 17.0 Å². The van der Waals surface area contributed by atoms with Crippen molar-refractivity contribution in [1.29, 1.82) is 0 Å². The molecule has 6 heteroatoms. The number of hydrogen-bond donors (Lipinski definition) is 0. The molecule has 2 aromatic carbocycles. The van der Waals surface area contributed by atoms with Gasteiger partial charge in [0.2, 0.25) is 0 Å². The van der Waals surface area contributed by atoms with Gasteiger partial charge in [-0.1, -0.05) is 12.1 Å². The summed E-state index contributed by atoms with van der Waals surface area (Å²) in [4.78, 5) is 27.8. The Morgan fingerprint density at radius 1 is 1.00 bits per heavy atom. The molecule has 0 aliphatic rings. The molecule has 0 saturated carbocycles. The van der Waals surface area contributed by atoms with Crippen LogP contribution in [-0.2, 0) is 4.74 Å². The van der Waals surface area contributed by atoms with Gasteiger partial charge in [0.05, 0.1) is 12.8 Å². The van der Waals surface area contributed by atoms with E-state index in [4.69, 9.17) is 9.47 Å². The molecule has 0 atom stereocenters.